The summed E-state index contributed by atoms with van der Waals surface area (Å²) >= 11 is 2.45. The van der Waals surface area contributed by atoms with Gasteiger partial charge in [-0.05, 0) is 19.3 Å². The van der Waals surface area contributed by atoms with Crippen LogP contribution >= 0.6 is 22.6 Å². The standard InChI is InChI=1S/C8H16IN/c1-7-5-8(2)10(6-7)4-3-9/h7-8H,3-6H2,1-2H3. The summed E-state index contributed by atoms with van der Waals surface area (Å²) < 4.78 is 1.27. The van der Waals surface area contributed by atoms with E-state index in [0.29, 0.717) is 0 Å². The molecule has 0 saturated carbocycles. The molecule has 1 heterocycles. The Balaban J connectivity index is 2.31. The third-order valence-electron chi connectivity index (χ3n) is 2.28. The fraction of sp³-hybridized carbons (Fsp3) is 1.00. The minimum absolute atomic E-state index is 0.838. The Morgan fingerprint density at radius 1 is 1.50 bits per heavy atom. The highest BCUT2D eigenvalue weighted by Gasteiger charge is 2.24. The molecule has 0 aromatic carbocycles. The van der Waals surface area contributed by atoms with Crippen molar-refractivity contribution in [1.82, 2.24) is 4.90 Å². The van der Waals surface area contributed by atoms with Crippen molar-refractivity contribution in [3.8, 4) is 0 Å². The molecule has 2 unspecified atom stereocenters. The van der Waals surface area contributed by atoms with Gasteiger partial charge >= 0.3 is 0 Å². The first-order valence-corrected chi connectivity index (χ1v) is 5.56. The van der Waals surface area contributed by atoms with E-state index in [4.69, 9.17) is 0 Å². The van der Waals surface area contributed by atoms with Crippen LogP contribution in [0.15, 0.2) is 0 Å². The van der Waals surface area contributed by atoms with Crippen LogP contribution in [0.2, 0.25) is 0 Å². The Kier molecular flexibility index (Phi) is 3.43. The first kappa shape index (κ1) is 8.78. The molecular formula is C8H16IN. The second kappa shape index (κ2) is 3.90. The van der Waals surface area contributed by atoms with Gasteiger partial charge in [0, 0.05) is 23.6 Å². The second-order valence-corrected chi connectivity index (χ2v) is 4.45. The number of halogens is 1. The zero-order valence-electron chi connectivity index (χ0n) is 6.81. The molecule has 1 aliphatic rings. The summed E-state index contributed by atoms with van der Waals surface area (Å²) in [6.45, 7) is 7.30. The van der Waals surface area contributed by atoms with Crippen molar-refractivity contribution in [1.29, 1.82) is 0 Å². The number of likely N-dealkylation sites (tertiary alicyclic amines) is 1. The summed E-state index contributed by atoms with van der Waals surface area (Å²) in [5, 5.41) is 0. The summed E-state index contributed by atoms with van der Waals surface area (Å²) in [7, 11) is 0. The van der Waals surface area contributed by atoms with Crippen LogP contribution in [0.4, 0.5) is 0 Å². The van der Waals surface area contributed by atoms with Crippen molar-refractivity contribution in [2.75, 3.05) is 17.5 Å². The van der Waals surface area contributed by atoms with Crippen molar-refractivity contribution in [3.63, 3.8) is 0 Å². The van der Waals surface area contributed by atoms with E-state index in [1.165, 1.54) is 23.9 Å². The summed E-state index contributed by atoms with van der Waals surface area (Å²) in [5.41, 5.74) is 0. The maximum atomic E-state index is 2.59. The molecule has 0 spiro atoms. The van der Waals surface area contributed by atoms with E-state index in [2.05, 4.69) is 41.3 Å². The van der Waals surface area contributed by atoms with Gasteiger partial charge in [0.25, 0.3) is 0 Å². The van der Waals surface area contributed by atoms with Gasteiger partial charge in [-0.1, -0.05) is 29.5 Å². The highest BCUT2D eigenvalue weighted by Crippen LogP contribution is 2.21. The molecule has 1 fully saturated rings. The molecule has 0 radical (unpaired) electrons. The summed E-state index contributed by atoms with van der Waals surface area (Å²) in [4.78, 5) is 2.59. The Bertz CT molecular complexity index is 105. The minimum Gasteiger partial charge on any atom is -0.300 e. The molecule has 60 valence electrons. The number of rotatable bonds is 2. The van der Waals surface area contributed by atoms with Gasteiger partial charge in [0.15, 0.2) is 0 Å². The minimum atomic E-state index is 0.838. The topological polar surface area (TPSA) is 3.24 Å². The van der Waals surface area contributed by atoms with Gasteiger partial charge in [-0.25, -0.2) is 0 Å². The quantitative estimate of drug-likeness (QED) is 0.538. The highest BCUT2D eigenvalue weighted by atomic mass is 127. The van der Waals surface area contributed by atoms with E-state index in [1.807, 2.05) is 0 Å². The smallest absolute Gasteiger partial charge is 0.0123 e. The first-order chi connectivity index (χ1) is 4.74. The van der Waals surface area contributed by atoms with Gasteiger partial charge in [0.1, 0.15) is 0 Å². The average Bonchev–Trinajstić information content (AvgIpc) is 2.13. The zero-order valence-corrected chi connectivity index (χ0v) is 8.97. The largest absolute Gasteiger partial charge is 0.300 e. The SMILES string of the molecule is CC1CC(C)N(CCI)C1. The average molecular weight is 253 g/mol. The van der Waals surface area contributed by atoms with Crippen molar-refractivity contribution >= 4 is 22.6 Å². The predicted molar refractivity (Wildman–Crippen MR) is 53.7 cm³/mol. The van der Waals surface area contributed by atoms with E-state index in [1.54, 1.807) is 0 Å². The maximum absolute atomic E-state index is 2.59. The molecule has 0 aliphatic carbocycles. The Hall–Kier alpha value is 0.690. The molecule has 2 atom stereocenters. The second-order valence-electron chi connectivity index (χ2n) is 3.37. The van der Waals surface area contributed by atoms with Crippen molar-refractivity contribution in [3.05, 3.63) is 0 Å². The lowest BCUT2D eigenvalue weighted by molar-refractivity contribution is 0.284. The van der Waals surface area contributed by atoms with Gasteiger partial charge in [-0.15, -0.1) is 0 Å². The van der Waals surface area contributed by atoms with Crippen molar-refractivity contribution in [2.24, 2.45) is 5.92 Å². The monoisotopic (exact) mass is 253 g/mol. The lowest BCUT2D eigenvalue weighted by Crippen LogP contribution is -2.28. The van der Waals surface area contributed by atoms with Crippen LogP contribution in [0.5, 0.6) is 0 Å². The van der Waals surface area contributed by atoms with Crippen LogP contribution in [0, 0.1) is 5.92 Å². The molecule has 1 rings (SSSR count). The molecule has 10 heavy (non-hydrogen) atoms. The summed E-state index contributed by atoms with van der Waals surface area (Å²) in [6.07, 6.45) is 1.40. The van der Waals surface area contributed by atoms with Gasteiger partial charge in [-0.2, -0.15) is 0 Å². The van der Waals surface area contributed by atoms with E-state index in [9.17, 15) is 0 Å². The van der Waals surface area contributed by atoms with Gasteiger partial charge in [-0.3, -0.25) is 4.90 Å². The third kappa shape index (κ3) is 2.09. The van der Waals surface area contributed by atoms with Crippen LogP contribution in [-0.2, 0) is 0 Å². The number of nitrogens with zero attached hydrogens (tertiary/aromatic N) is 1. The van der Waals surface area contributed by atoms with E-state index in [-0.39, 0.29) is 0 Å². The van der Waals surface area contributed by atoms with Crippen molar-refractivity contribution < 1.29 is 0 Å². The van der Waals surface area contributed by atoms with Crippen LogP contribution in [0.3, 0.4) is 0 Å². The Labute approximate surface area is 77.3 Å². The fourth-order valence-electron chi connectivity index (χ4n) is 1.81. The van der Waals surface area contributed by atoms with Crippen molar-refractivity contribution in [2.45, 2.75) is 26.3 Å². The van der Waals surface area contributed by atoms with Crippen LogP contribution in [0.1, 0.15) is 20.3 Å². The van der Waals surface area contributed by atoms with Gasteiger partial charge < -0.3 is 0 Å². The van der Waals surface area contributed by atoms with Gasteiger partial charge in [0.2, 0.25) is 0 Å². The molecule has 1 nitrogen and oxygen atoms in total. The molecule has 0 amide bonds. The molecule has 0 aromatic rings. The molecule has 1 aliphatic heterocycles. The molecular weight excluding hydrogens is 237 g/mol. The molecule has 0 aromatic heterocycles. The Morgan fingerprint density at radius 2 is 2.20 bits per heavy atom. The molecule has 0 bridgehead atoms. The van der Waals surface area contributed by atoms with Crippen LogP contribution < -0.4 is 0 Å². The first-order valence-electron chi connectivity index (χ1n) is 4.04. The van der Waals surface area contributed by atoms with E-state index in [0.717, 1.165) is 12.0 Å². The van der Waals surface area contributed by atoms with Crippen LogP contribution in [0.25, 0.3) is 0 Å². The maximum Gasteiger partial charge on any atom is 0.0123 e. The van der Waals surface area contributed by atoms with E-state index >= 15 is 0 Å². The third-order valence-corrected chi connectivity index (χ3v) is 2.77. The summed E-state index contributed by atoms with van der Waals surface area (Å²) in [6, 6.07) is 0.838. The Morgan fingerprint density at radius 3 is 2.60 bits per heavy atom. The fourth-order valence-corrected chi connectivity index (χ4v) is 2.43. The van der Waals surface area contributed by atoms with Crippen LogP contribution in [-0.4, -0.2) is 28.5 Å². The number of hydrogen-bond acceptors (Lipinski definition) is 1. The lowest BCUT2D eigenvalue weighted by atomic mass is 10.1. The molecule has 2 heteroatoms. The molecule has 1 saturated heterocycles. The van der Waals surface area contributed by atoms with Gasteiger partial charge in [0.05, 0.1) is 0 Å². The van der Waals surface area contributed by atoms with E-state index < -0.39 is 0 Å². The lowest BCUT2D eigenvalue weighted by Gasteiger charge is -2.18. The number of hydrogen-bond donors (Lipinski definition) is 0. The summed E-state index contributed by atoms with van der Waals surface area (Å²) in [5.74, 6) is 0.929. The number of alkyl halides is 1. The predicted octanol–water partition coefficient (Wildman–Crippen LogP) is 2.15. The zero-order chi connectivity index (χ0) is 7.56. The highest BCUT2D eigenvalue weighted by molar-refractivity contribution is 14.1. The molecule has 0 N–H and O–H groups in total. The normalized spacial score (nSPS) is 35.1.